The van der Waals surface area contributed by atoms with Gasteiger partial charge in [-0.1, -0.05) is 44.0 Å². The largest absolute Gasteiger partial charge is 0.334 e. The lowest BCUT2D eigenvalue weighted by Gasteiger charge is -2.17. The summed E-state index contributed by atoms with van der Waals surface area (Å²) < 4.78 is 5.39. The third-order valence-electron chi connectivity index (χ3n) is 4.19. The molecule has 3 rings (SSSR count). The van der Waals surface area contributed by atoms with Crippen LogP contribution in [0, 0.1) is 0 Å². The summed E-state index contributed by atoms with van der Waals surface area (Å²) in [5.41, 5.74) is 8.22. The van der Waals surface area contributed by atoms with Gasteiger partial charge in [-0.3, -0.25) is 0 Å². The molecule has 2 N–H and O–H groups in total. The molecule has 21 heavy (non-hydrogen) atoms. The van der Waals surface area contributed by atoms with Crippen molar-refractivity contribution in [2.75, 3.05) is 0 Å². The van der Waals surface area contributed by atoms with E-state index in [0.717, 1.165) is 31.2 Å². The molecular formula is C16H22ClN3O. The normalized spacial score (nSPS) is 17.0. The van der Waals surface area contributed by atoms with Crippen LogP contribution in [-0.4, -0.2) is 10.1 Å². The topological polar surface area (TPSA) is 64.9 Å². The van der Waals surface area contributed by atoms with E-state index in [4.69, 9.17) is 10.3 Å². The summed E-state index contributed by atoms with van der Waals surface area (Å²) in [7, 11) is 0. The highest BCUT2D eigenvalue weighted by Gasteiger charge is 2.36. The predicted octanol–water partition coefficient (Wildman–Crippen LogP) is 4.01. The van der Waals surface area contributed by atoms with E-state index in [0.29, 0.717) is 17.6 Å². The van der Waals surface area contributed by atoms with Crippen LogP contribution in [-0.2, 0) is 5.54 Å². The fourth-order valence-electron chi connectivity index (χ4n) is 2.78. The Morgan fingerprint density at radius 3 is 2.33 bits per heavy atom. The fraction of sp³-hybridized carbons (Fsp3) is 0.500. The quantitative estimate of drug-likeness (QED) is 0.930. The second-order valence-electron chi connectivity index (χ2n) is 6.06. The molecule has 0 radical (unpaired) electrons. The third kappa shape index (κ3) is 3.11. The Kier molecular flexibility index (Phi) is 4.69. The minimum Gasteiger partial charge on any atom is -0.334 e. The van der Waals surface area contributed by atoms with E-state index in [1.54, 1.807) is 0 Å². The number of halogens is 1. The molecule has 0 atom stereocenters. The van der Waals surface area contributed by atoms with Gasteiger partial charge in [0.25, 0.3) is 5.89 Å². The molecule has 1 aliphatic carbocycles. The molecule has 0 amide bonds. The van der Waals surface area contributed by atoms with Crippen molar-refractivity contribution in [2.24, 2.45) is 5.73 Å². The van der Waals surface area contributed by atoms with Crippen LogP contribution in [0.2, 0.25) is 0 Å². The first-order valence-corrected chi connectivity index (χ1v) is 7.32. The van der Waals surface area contributed by atoms with E-state index >= 15 is 0 Å². The van der Waals surface area contributed by atoms with Gasteiger partial charge in [-0.15, -0.1) is 12.4 Å². The van der Waals surface area contributed by atoms with Gasteiger partial charge in [0.15, 0.2) is 5.82 Å². The standard InChI is InChI=1S/C16H21N3O.ClH/c1-11(2)12-5-7-13(8-6-12)14-18-15(19-20-14)16(17)9-3-4-10-16;/h5-8,11H,3-4,9-10,17H2,1-2H3;1H. The van der Waals surface area contributed by atoms with Crippen LogP contribution >= 0.6 is 12.4 Å². The van der Waals surface area contributed by atoms with Crippen molar-refractivity contribution in [3.8, 4) is 11.5 Å². The molecule has 1 aromatic heterocycles. The number of hydrogen-bond donors (Lipinski definition) is 1. The first-order valence-electron chi connectivity index (χ1n) is 7.32. The van der Waals surface area contributed by atoms with E-state index in [-0.39, 0.29) is 17.9 Å². The lowest BCUT2D eigenvalue weighted by Crippen LogP contribution is -2.34. The molecule has 1 aliphatic rings. The molecule has 4 nitrogen and oxygen atoms in total. The van der Waals surface area contributed by atoms with Crippen molar-refractivity contribution in [3.63, 3.8) is 0 Å². The van der Waals surface area contributed by atoms with Crippen LogP contribution in [0.3, 0.4) is 0 Å². The number of rotatable bonds is 3. The molecule has 0 spiro atoms. The maximum atomic E-state index is 6.35. The summed E-state index contributed by atoms with van der Waals surface area (Å²) in [5, 5.41) is 4.09. The van der Waals surface area contributed by atoms with E-state index in [9.17, 15) is 0 Å². The number of nitrogens with two attached hydrogens (primary N) is 1. The van der Waals surface area contributed by atoms with Gasteiger partial charge >= 0.3 is 0 Å². The van der Waals surface area contributed by atoms with Crippen molar-refractivity contribution < 1.29 is 4.52 Å². The monoisotopic (exact) mass is 307 g/mol. The number of nitrogens with zero attached hydrogens (tertiary/aromatic N) is 2. The van der Waals surface area contributed by atoms with Crippen molar-refractivity contribution in [2.45, 2.75) is 51.0 Å². The Labute approximate surface area is 131 Å². The van der Waals surface area contributed by atoms with Gasteiger partial charge in [-0.25, -0.2) is 0 Å². The summed E-state index contributed by atoms with van der Waals surface area (Å²) in [4.78, 5) is 4.51. The van der Waals surface area contributed by atoms with Crippen LogP contribution < -0.4 is 5.73 Å². The van der Waals surface area contributed by atoms with Gasteiger partial charge in [0.2, 0.25) is 0 Å². The highest BCUT2D eigenvalue weighted by molar-refractivity contribution is 5.85. The minimum absolute atomic E-state index is 0. The molecule has 1 aromatic carbocycles. The number of aromatic nitrogens is 2. The Balaban J connectivity index is 0.00000161. The molecule has 1 heterocycles. The van der Waals surface area contributed by atoms with E-state index < -0.39 is 0 Å². The van der Waals surface area contributed by atoms with Gasteiger partial charge in [-0.2, -0.15) is 4.98 Å². The van der Waals surface area contributed by atoms with Gasteiger partial charge in [-0.05, 0) is 36.5 Å². The SMILES string of the molecule is CC(C)c1ccc(-c2nc(C3(N)CCCC3)no2)cc1.Cl. The molecular weight excluding hydrogens is 286 g/mol. The molecule has 114 valence electrons. The highest BCUT2D eigenvalue weighted by atomic mass is 35.5. The van der Waals surface area contributed by atoms with Gasteiger partial charge < -0.3 is 10.3 Å². The fourth-order valence-corrected chi connectivity index (χ4v) is 2.78. The predicted molar refractivity (Wildman–Crippen MR) is 85.4 cm³/mol. The van der Waals surface area contributed by atoms with E-state index in [1.807, 2.05) is 12.1 Å². The molecule has 1 saturated carbocycles. The summed E-state index contributed by atoms with van der Waals surface area (Å²) in [5.74, 6) is 1.73. The van der Waals surface area contributed by atoms with Crippen LogP contribution in [0.4, 0.5) is 0 Å². The summed E-state index contributed by atoms with van der Waals surface area (Å²) in [6, 6.07) is 8.28. The van der Waals surface area contributed by atoms with Gasteiger partial charge in [0, 0.05) is 5.56 Å². The molecule has 5 heteroatoms. The first-order chi connectivity index (χ1) is 9.58. The third-order valence-corrected chi connectivity index (χ3v) is 4.19. The molecule has 0 unspecified atom stereocenters. The Morgan fingerprint density at radius 2 is 1.76 bits per heavy atom. The smallest absolute Gasteiger partial charge is 0.257 e. The van der Waals surface area contributed by atoms with Crippen LogP contribution in [0.5, 0.6) is 0 Å². The van der Waals surface area contributed by atoms with E-state index in [2.05, 4.69) is 36.1 Å². The minimum atomic E-state index is -0.389. The van der Waals surface area contributed by atoms with Gasteiger partial charge in [0.05, 0.1) is 5.54 Å². The van der Waals surface area contributed by atoms with E-state index in [1.165, 1.54) is 5.56 Å². The second kappa shape index (κ2) is 6.16. The zero-order chi connectivity index (χ0) is 14.2. The molecule has 0 bridgehead atoms. The zero-order valence-electron chi connectivity index (χ0n) is 12.5. The van der Waals surface area contributed by atoms with Crippen molar-refractivity contribution in [3.05, 3.63) is 35.7 Å². The maximum absolute atomic E-state index is 6.35. The summed E-state index contributed by atoms with van der Waals surface area (Å²) in [6.45, 7) is 4.36. The maximum Gasteiger partial charge on any atom is 0.257 e. The lowest BCUT2D eigenvalue weighted by molar-refractivity contribution is 0.372. The van der Waals surface area contributed by atoms with Crippen molar-refractivity contribution in [1.29, 1.82) is 0 Å². The van der Waals surface area contributed by atoms with Crippen LogP contribution in [0.25, 0.3) is 11.5 Å². The highest BCUT2D eigenvalue weighted by Crippen LogP contribution is 2.35. The Hall–Kier alpha value is -1.39. The van der Waals surface area contributed by atoms with Crippen molar-refractivity contribution in [1.82, 2.24) is 10.1 Å². The molecule has 0 aliphatic heterocycles. The van der Waals surface area contributed by atoms with Crippen LogP contribution in [0.1, 0.15) is 56.8 Å². The molecule has 2 aromatic rings. The summed E-state index contributed by atoms with van der Waals surface area (Å²) in [6.07, 6.45) is 4.17. The lowest BCUT2D eigenvalue weighted by atomic mass is 9.98. The molecule has 0 saturated heterocycles. The Morgan fingerprint density at radius 1 is 1.14 bits per heavy atom. The number of benzene rings is 1. The number of hydrogen-bond acceptors (Lipinski definition) is 4. The zero-order valence-corrected chi connectivity index (χ0v) is 13.3. The van der Waals surface area contributed by atoms with Crippen molar-refractivity contribution >= 4 is 12.4 Å². The Bertz CT molecular complexity index is 586. The first kappa shape index (κ1) is 16.0. The summed E-state index contributed by atoms with van der Waals surface area (Å²) >= 11 is 0. The molecule has 1 fully saturated rings. The average molecular weight is 308 g/mol. The average Bonchev–Trinajstić information content (AvgIpc) is 3.08. The van der Waals surface area contributed by atoms with Crippen LogP contribution in [0.15, 0.2) is 28.8 Å². The second-order valence-corrected chi connectivity index (χ2v) is 6.06. The van der Waals surface area contributed by atoms with Gasteiger partial charge in [0.1, 0.15) is 0 Å².